The summed E-state index contributed by atoms with van der Waals surface area (Å²) in [4.78, 5) is 16.3. The maximum absolute atomic E-state index is 13.6. The van der Waals surface area contributed by atoms with Gasteiger partial charge in [0.25, 0.3) is 0 Å². The fraction of sp³-hybridized carbons (Fsp3) is 0.579. The molecule has 1 amide bonds. The lowest BCUT2D eigenvalue weighted by molar-refractivity contribution is -0.128. The standard InChI is InChI=1S/C19H31FN4O3S/c1-6-21-18(23-10-9-22-17(25)19(2,3)4)24-12-15-11-16(20)8-7-14(15)13-28(5,26)27/h7-8,11H,6,9-10,12-13H2,1-5H3,(H,22,25)(H2,21,23,24). The van der Waals surface area contributed by atoms with Gasteiger partial charge in [0.15, 0.2) is 15.8 Å². The highest BCUT2D eigenvalue weighted by atomic mass is 32.2. The van der Waals surface area contributed by atoms with E-state index in [1.54, 1.807) is 0 Å². The van der Waals surface area contributed by atoms with Crippen molar-refractivity contribution in [1.29, 1.82) is 0 Å². The zero-order chi connectivity index (χ0) is 21.4. The second-order valence-electron chi connectivity index (χ2n) is 7.61. The average molecular weight is 415 g/mol. The van der Waals surface area contributed by atoms with Crippen LogP contribution in [0.15, 0.2) is 23.2 Å². The number of amides is 1. The van der Waals surface area contributed by atoms with Crippen LogP contribution in [0.25, 0.3) is 0 Å². The Hall–Kier alpha value is -2.16. The zero-order valence-electron chi connectivity index (χ0n) is 17.2. The fourth-order valence-corrected chi connectivity index (χ4v) is 3.14. The van der Waals surface area contributed by atoms with Crippen molar-refractivity contribution < 1.29 is 17.6 Å². The van der Waals surface area contributed by atoms with E-state index in [-0.39, 0.29) is 18.2 Å². The van der Waals surface area contributed by atoms with Crippen LogP contribution in [0.4, 0.5) is 4.39 Å². The van der Waals surface area contributed by atoms with E-state index >= 15 is 0 Å². The minimum atomic E-state index is -3.24. The van der Waals surface area contributed by atoms with E-state index in [0.29, 0.717) is 36.7 Å². The summed E-state index contributed by atoms with van der Waals surface area (Å²) in [5.41, 5.74) is 0.594. The molecule has 1 aromatic rings. The van der Waals surface area contributed by atoms with Crippen LogP contribution in [-0.2, 0) is 26.9 Å². The lowest BCUT2D eigenvalue weighted by atomic mass is 9.96. The first-order valence-corrected chi connectivity index (χ1v) is 11.2. The van der Waals surface area contributed by atoms with Crippen LogP contribution in [-0.4, -0.2) is 46.2 Å². The second-order valence-corrected chi connectivity index (χ2v) is 9.75. The minimum Gasteiger partial charge on any atom is -0.357 e. The Balaban J connectivity index is 2.77. The Morgan fingerprint density at radius 3 is 2.32 bits per heavy atom. The summed E-state index contributed by atoms with van der Waals surface area (Å²) in [6.45, 7) is 9.09. The Morgan fingerprint density at radius 1 is 1.11 bits per heavy atom. The molecule has 7 nitrogen and oxygen atoms in total. The van der Waals surface area contributed by atoms with Crippen LogP contribution in [0, 0.1) is 11.2 Å². The lowest BCUT2D eigenvalue weighted by Crippen LogP contribution is -2.43. The summed E-state index contributed by atoms with van der Waals surface area (Å²) in [5.74, 6) is -0.144. The highest BCUT2D eigenvalue weighted by molar-refractivity contribution is 7.89. The second kappa shape index (κ2) is 10.4. The Labute approximate surface area is 167 Å². The van der Waals surface area contributed by atoms with E-state index in [1.165, 1.54) is 18.2 Å². The summed E-state index contributed by atoms with van der Waals surface area (Å²) in [6, 6.07) is 4.02. The molecule has 0 aliphatic rings. The van der Waals surface area contributed by atoms with Gasteiger partial charge >= 0.3 is 0 Å². The number of hydrogen-bond donors (Lipinski definition) is 3. The third-order valence-corrected chi connectivity index (χ3v) is 4.56. The van der Waals surface area contributed by atoms with Crippen molar-refractivity contribution in [2.75, 3.05) is 25.9 Å². The third-order valence-electron chi connectivity index (χ3n) is 3.72. The number of rotatable bonds is 8. The predicted octanol–water partition coefficient (Wildman–Crippen LogP) is 1.59. The molecule has 0 saturated heterocycles. The first-order valence-electron chi connectivity index (χ1n) is 9.18. The van der Waals surface area contributed by atoms with E-state index in [0.717, 1.165) is 6.26 Å². The van der Waals surface area contributed by atoms with E-state index in [4.69, 9.17) is 0 Å². The Kier molecular flexibility index (Phi) is 8.87. The Bertz CT molecular complexity index is 802. The first kappa shape index (κ1) is 23.9. The van der Waals surface area contributed by atoms with Crippen molar-refractivity contribution in [2.45, 2.75) is 40.0 Å². The van der Waals surface area contributed by atoms with Crippen molar-refractivity contribution >= 4 is 21.7 Å². The number of nitrogens with zero attached hydrogens (tertiary/aromatic N) is 1. The van der Waals surface area contributed by atoms with Gasteiger partial charge in [0, 0.05) is 31.3 Å². The van der Waals surface area contributed by atoms with Crippen LogP contribution in [0.1, 0.15) is 38.8 Å². The van der Waals surface area contributed by atoms with Crippen LogP contribution < -0.4 is 16.0 Å². The quantitative estimate of drug-likeness (QED) is 0.341. The summed E-state index contributed by atoms with van der Waals surface area (Å²) in [7, 11) is -3.24. The smallest absolute Gasteiger partial charge is 0.225 e. The molecule has 1 aromatic carbocycles. The van der Waals surface area contributed by atoms with Gasteiger partial charge in [-0.15, -0.1) is 0 Å². The van der Waals surface area contributed by atoms with Crippen LogP contribution in [0.5, 0.6) is 0 Å². The molecule has 0 fully saturated rings. The number of benzene rings is 1. The molecule has 28 heavy (non-hydrogen) atoms. The number of sulfone groups is 1. The molecule has 0 atom stereocenters. The van der Waals surface area contributed by atoms with Gasteiger partial charge in [-0.05, 0) is 30.2 Å². The molecule has 0 aliphatic heterocycles. The number of nitrogens with one attached hydrogen (secondary N) is 3. The molecule has 0 unspecified atom stereocenters. The molecule has 0 saturated carbocycles. The molecule has 1 rings (SSSR count). The molecule has 0 spiro atoms. The minimum absolute atomic E-state index is 0.0404. The van der Waals surface area contributed by atoms with Crippen molar-refractivity contribution in [3.8, 4) is 0 Å². The highest BCUT2D eigenvalue weighted by Crippen LogP contribution is 2.15. The SMILES string of the molecule is CCNC(=NCc1cc(F)ccc1CS(C)(=O)=O)NCCNC(=O)C(C)(C)C. The van der Waals surface area contributed by atoms with Gasteiger partial charge in [-0.1, -0.05) is 26.8 Å². The van der Waals surface area contributed by atoms with E-state index < -0.39 is 21.1 Å². The molecule has 0 bridgehead atoms. The van der Waals surface area contributed by atoms with Crippen molar-refractivity contribution in [3.63, 3.8) is 0 Å². The van der Waals surface area contributed by atoms with E-state index in [9.17, 15) is 17.6 Å². The number of hydrogen-bond acceptors (Lipinski definition) is 4. The molecule has 0 aliphatic carbocycles. The highest BCUT2D eigenvalue weighted by Gasteiger charge is 2.20. The van der Waals surface area contributed by atoms with Gasteiger partial charge in [0.2, 0.25) is 5.91 Å². The van der Waals surface area contributed by atoms with Gasteiger partial charge in [0.05, 0.1) is 12.3 Å². The number of carbonyl (C=O) groups is 1. The monoisotopic (exact) mass is 414 g/mol. The summed E-state index contributed by atoms with van der Waals surface area (Å²) >= 11 is 0. The topological polar surface area (TPSA) is 99.7 Å². The molecular formula is C19H31FN4O3S. The van der Waals surface area contributed by atoms with Crippen LogP contribution >= 0.6 is 0 Å². The lowest BCUT2D eigenvalue weighted by Gasteiger charge is -2.18. The maximum atomic E-state index is 13.6. The van der Waals surface area contributed by atoms with Crippen molar-refractivity contribution in [3.05, 3.63) is 35.1 Å². The van der Waals surface area contributed by atoms with Crippen molar-refractivity contribution in [1.82, 2.24) is 16.0 Å². The zero-order valence-corrected chi connectivity index (χ0v) is 18.0. The fourth-order valence-electron chi connectivity index (χ4n) is 2.29. The largest absolute Gasteiger partial charge is 0.357 e. The van der Waals surface area contributed by atoms with E-state index in [2.05, 4.69) is 20.9 Å². The van der Waals surface area contributed by atoms with Gasteiger partial charge in [-0.25, -0.2) is 17.8 Å². The Morgan fingerprint density at radius 2 is 1.75 bits per heavy atom. The molecule has 0 radical (unpaired) electrons. The molecular weight excluding hydrogens is 383 g/mol. The van der Waals surface area contributed by atoms with Crippen molar-refractivity contribution in [2.24, 2.45) is 10.4 Å². The summed E-state index contributed by atoms with van der Waals surface area (Å²) < 4.78 is 36.8. The van der Waals surface area contributed by atoms with Gasteiger partial charge < -0.3 is 16.0 Å². The van der Waals surface area contributed by atoms with Crippen LogP contribution in [0.2, 0.25) is 0 Å². The van der Waals surface area contributed by atoms with Gasteiger partial charge in [-0.3, -0.25) is 4.79 Å². The molecule has 3 N–H and O–H groups in total. The molecule has 0 aromatic heterocycles. The number of guanidine groups is 1. The van der Waals surface area contributed by atoms with Gasteiger partial charge in [-0.2, -0.15) is 0 Å². The molecule has 158 valence electrons. The summed E-state index contributed by atoms with van der Waals surface area (Å²) in [6.07, 6.45) is 1.14. The third kappa shape index (κ3) is 9.16. The van der Waals surface area contributed by atoms with E-state index in [1.807, 2.05) is 27.7 Å². The normalized spacial score (nSPS) is 12.6. The predicted molar refractivity (Wildman–Crippen MR) is 110 cm³/mol. The summed E-state index contributed by atoms with van der Waals surface area (Å²) in [5, 5.41) is 9.00. The van der Waals surface area contributed by atoms with Crippen LogP contribution in [0.3, 0.4) is 0 Å². The molecule has 0 heterocycles. The number of halogens is 1. The average Bonchev–Trinajstić information content (AvgIpc) is 2.56. The molecule has 9 heteroatoms. The maximum Gasteiger partial charge on any atom is 0.225 e. The number of aliphatic imine (C=N–C) groups is 1. The van der Waals surface area contributed by atoms with Gasteiger partial charge in [0.1, 0.15) is 5.82 Å². The first-order chi connectivity index (χ1) is 12.9. The number of carbonyl (C=O) groups excluding carboxylic acids is 1.